The van der Waals surface area contributed by atoms with E-state index in [4.69, 9.17) is 10.5 Å². The first-order valence-electron chi connectivity index (χ1n) is 8.87. The molecule has 1 fully saturated rings. The van der Waals surface area contributed by atoms with Crippen molar-refractivity contribution in [1.82, 2.24) is 9.88 Å². The quantitative estimate of drug-likeness (QED) is 0.414. The summed E-state index contributed by atoms with van der Waals surface area (Å²) in [6.45, 7) is 5.33. The summed E-state index contributed by atoms with van der Waals surface area (Å²) in [4.78, 5) is 11.0. The van der Waals surface area contributed by atoms with Crippen LogP contribution < -0.4 is 10.5 Å². The van der Waals surface area contributed by atoms with Crippen LogP contribution in [0.1, 0.15) is 31.0 Å². The van der Waals surface area contributed by atoms with E-state index in [1.54, 1.807) is 6.20 Å². The highest BCUT2D eigenvalue weighted by Crippen LogP contribution is 2.17. The fourth-order valence-electron chi connectivity index (χ4n) is 2.88. The van der Waals surface area contributed by atoms with Crippen LogP contribution in [0.4, 0.5) is 0 Å². The van der Waals surface area contributed by atoms with Gasteiger partial charge in [0.1, 0.15) is 12.4 Å². The number of piperidine rings is 1. The topological polar surface area (TPSA) is 63.7 Å². The van der Waals surface area contributed by atoms with Gasteiger partial charge in [-0.25, -0.2) is 4.99 Å². The Hall–Kier alpha value is -1.83. The van der Waals surface area contributed by atoms with Crippen LogP contribution in [-0.2, 0) is 13.2 Å². The highest BCUT2D eigenvalue weighted by atomic mass is 127. The van der Waals surface area contributed by atoms with Crippen molar-refractivity contribution in [3.8, 4) is 5.75 Å². The Labute approximate surface area is 172 Å². The summed E-state index contributed by atoms with van der Waals surface area (Å²) in [5.74, 6) is 2.26. The number of pyridine rings is 1. The lowest BCUT2D eigenvalue weighted by Crippen LogP contribution is -2.42. The number of nitrogens with two attached hydrogens (primary N) is 1. The number of aliphatic imine (C=N–C) groups is 1. The van der Waals surface area contributed by atoms with E-state index < -0.39 is 0 Å². The van der Waals surface area contributed by atoms with E-state index in [-0.39, 0.29) is 24.0 Å². The van der Waals surface area contributed by atoms with Gasteiger partial charge in [-0.15, -0.1) is 24.0 Å². The molecule has 0 bridgehead atoms. The minimum absolute atomic E-state index is 0. The first-order valence-corrected chi connectivity index (χ1v) is 8.87. The molecule has 0 saturated carbocycles. The van der Waals surface area contributed by atoms with E-state index >= 15 is 0 Å². The Morgan fingerprint density at radius 2 is 2.04 bits per heavy atom. The standard InChI is InChI=1S/C20H26N4O.HI/c1-16-8-11-24(12-9-16)20(21)23-14-17-5-4-7-19(13-17)25-15-18-6-2-3-10-22-18;/h2-7,10,13,16H,8-9,11-12,14-15H2,1H3,(H2,21,23);1H. The van der Waals surface area contributed by atoms with Gasteiger partial charge in [0, 0.05) is 19.3 Å². The van der Waals surface area contributed by atoms with Crippen LogP contribution in [0.3, 0.4) is 0 Å². The molecule has 6 heteroatoms. The molecule has 1 aromatic heterocycles. The Kier molecular flexibility index (Phi) is 8.15. The average Bonchev–Trinajstić information content (AvgIpc) is 2.66. The van der Waals surface area contributed by atoms with E-state index in [9.17, 15) is 0 Å². The maximum atomic E-state index is 6.15. The van der Waals surface area contributed by atoms with Crippen molar-refractivity contribution in [2.24, 2.45) is 16.6 Å². The molecule has 5 nitrogen and oxygen atoms in total. The molecule has 0 spiro atoms. The second kappa shape index (κ2) is 10.4. The largest absolute Gasteiger partial charge is 0.487 e. The van der Waals surface area contributed by atoms with Crippen molar-refractivity contribution in [3.05, 3.63) is 59.9 Å². The first kappa shape index (κ1) is 20.5. The number of hydrogen-bond acceptors (Lipinski definition) is 3. The summed E-state index contributed by atoms with van der Waals surface area (Å²) >= 11 is 0. The second-order valence-corrected chi connectivity index (χ2v) is 6.60. The molecule has 2 aromatic rings. The van der Waals surface area contributed by atoms with Crippen LogP contribution in [-0.4, -0.2) is 28.9 Å². The number of likely N-dealkylation sites (tertiary alicyclic amines) is 1. The number of benzene rings is 1. The third kappa shape index (κ3) is 6.16. The molecule has 3 rings (SSSR count). The molecule has 1 aromatic carbocycles. The van der Waals surface area contributed by atoms with Gasteiger partial charge >= 0.3 is 0 Å². The monoisotopic (exact) mass is 466 g/mol. The molecule has 0 atom stereocenters. The zero-order valence-electron chi connectivity index (χ0n) is 15.2. The first-order chi connectivity index (χ1) is 12.2. The van der Waals surface area contributed by atoms with Crippen molar-refractivity contribution in [1.29, 1.82) is 0 Å². The molecular formula is C20H27IN4O. The molecular weight excluding hydrogens is 439 g/mol. The summed E-state index contributed by atoms with van der Waals surface area (Å²) in [6, 6.07) is 13.8. The highest BCUT2D eigenvalue weighted by molar-refractivity contribution is 14.0. The molecule has 1 aliphatic rings. The SMILES string of the molecule is CC1CCN(C(N)=NCc2cccc(OCc3ccccn3)c2)CC1.I. The van der Waals surface area contributed by atoms with Gasteiger partial charge in [-0.1, -0.05) is 25.1 Å². The van der Waals surface area contributed by atoms with Crippen LogP contribution >= 0.6 is 24.0 Å². The third-order valence-electron chi connectivity index (χ3n) is 4.54. The Morgan fingerprint density at radius 3 is 2.77 bits per heavy atom. The Bertz CT molecular complexity index is 700. The molecule has 140 valence electrons. The Morgan fingerprint density at radius 1 is 1.23 bits per heavy atom. The van der Waals surface area contributed by atoms with E-state index in [1.807, 2.05) is 42.5 Å². The number of halogens is 1. The van der Waals surface area contributed by atoms with E-state index in [1.165, 1.54) is 12.8 Å². The smallest absolute Gasteiger partial charge is 0.191 e. The summed E-state index contributed by atoms with van der Waals surface area (Å²) in [5, 5.41) is 0. The molecule has 26 heavy (non-hydrogen) atoms. The molecule has 0 unspecified atom stereocenters. The van der Waals surface area contributed by atoms with Gasteiger partial charge in [0.2, 0.25) is 0 Å². The predicted molar refractivity (Wildman–Crippen MR) is 116 cm³/mol. The molecule has 0 radical (unpaired) electrons. The molecule has 2 N–H and O–H groups in total. The lowest BCUT2D eigenvalue weighted by atomic mass is 10.00. The minimum Gasteiger partial charge on any atom is -0.487 e. The van der Waals surface area contributed by atoms with Crippen LogP contribution in [0, 0.1) is 5.92 Å². The molecule has 1 saturated heterocycles. The van der Waals surface area contributed by atoms with Crippen LogP contribution in [0.25, 0.3) is 0 Å². The van der Waals surface area contributed by atoms with Gasteiger partial charge < -0.3 is 15.4 Å². The molecule has 2 heterocycles. The number of aromatic nitrogens is 1. The summed E-state index contributed by atoms with van der Waals surface area (Å²) in [7, 11) is 0. The maximum absolute atomic E-state index is 6.15. The van der Waals surface area contributed by atoms with Gasteiger partial charge in [0.05, 0.1) is 12.2 Å². The number of nitrogens with zero attached hydrogens (tertiary/aromatic N) is 3. The number of guanidine groups is 1. The third-order valence-corrected chi connectivity index (χ3v) is 4.54. The highest BCUT2D eigenvalue weighted by Gasteiger charge is 2.16. The van der Waals surface area contributed by atoms with Gasteiger partial charge in [-0.2, -0.15) is 0 Å². The lowest BCUT2D eigenvalue weighted by molar-refractivity contribution is 0.277. The van der Waals surface area contributed by atoms with Gasteiger partial charge in [0.25, 0.3) is 0 Å². The van der Waals surface area contributed by atoms with Gasteiger partial charge in [-0.3, -0.25) is 4.98 Å². The number of rotatable bonds is 5. The molecule has 0 amide bonds. The Balaban J connectivity index is 0.00000243. The normalized spacial score (nSPS) is 15.4. The van der Waals surface area contributed by atoms with Crippen LogP contribution in [0.5, 0.6) is 5.75 Å². The van der Waals surface area contributed by atoms with Crippen molar-refractivity contribution in [3.63, 3.8) is 0 Å². The zero-order chi connectivity index (χ0) is 17.5. The average molecular weight is 466 g/mol. The summed E-state index contributed by atoms with van der Waals surface area (Å²) in [6.07, 6.45) is 4.15. The lowest BCUT2D eigenvalue weighted by Gasteiger charge is -2.31. The van der Waals surface area contributed by atoms with Crippen molar-refractivity contribution in [2.45, 2.75) is 32.9 Å². The minimum atomic E-state index is 0. The van der Waals surface area contributed by atoms with Crippen molar-refractivity contribution < 1.29 is 4.74 Å². The molecule has 1 aliphatic heterocycles. The fourth-order valence-corrected chi connectivity index (χ4v) is 2.88. The number of hydrogen-bond donors (Lipinski definition) is 1. The fraction of sp³-hybridized carbons (Fsp3) is 0.400. The summed E-state index contributed by atoms with van der Waals surface area (Å²) < 4.78 is 5.82. The van der Waals surface area contributed by atoms with Crippen LogP contribution in [0.2, 0.25) is 0 Å². The summed E-state index contributed by atoms with van der Waals surface area (Å²) in [5.41, 5.74) is 8.15. The second-order valence-electron chi connectivity index (χ2n) is 6.60. The maximum Gasteiger partial charge on any atom is 0.191 e. The van der Waals surface area contributed by atoms with E-state index in [0.717, 1.165) is 36.0 Å². The van der Waals surface area contributed by atoms with E-state index in [2.05, 4.69) is 21.8 Å². The van der Waals surface area contributed by atoms with Crippen molar-refractivity contribution >= 4 is 29.9 Å². The van der Waals surface area contributed by atoms with E-state index in [0.29, 0.717) is 19.1 Å². The molecule has 0 aliphatic carbocycles. The van der Waals surface area contributed by atoms with Crippen LogP contribution in [0.15, 0.2) is 53.7 Å². The van der Waals surface area contributed by atoms with Crippen molar-refractivity contribution in [2.75, 3.05) is 13.1 Å². The number of ether oxygens (including phenoxy) is 1. The predicted octanol–water partition coefficient (Wildman–Crippen LogP) is 3.83. The van der Waals surface area contributed by atoms with Gasteiger partial charge in [-0.05, 0) is 48.6 Å². The zero-order valence-corrected chi connectivity index (χ0v) is 17.5. The van der Waals surface area contributed by atoms with Gasteiger partial charge in [0.15, 0.2) is 5.96 Å².